The summed E-state index contributed by atoms with van der Waals surface area (Å²) in [5.74, 6) is 0.611. The van der Waals surface area contributed by atoms with Gasteiger partial charge in [0.2, 0.25) is 5.91 Å². The fourth-order valence-electron chi connectivity index (χ4n) is 2.89. The van der Waals surface area contributed by atoms with Gasteiger partial charge in [0.05, 0.1) is 5.69 Å². The van der Waals surface area contributed by atoms with Gasteiger partial charge in [-0.3, -0.25) is 4.79 Å². The maximum absolute atomic E-state index is 12.0. The van der Waals surface area contributed by atoms with Gasteiger partial charge in [0, 0.05) is 31.7 Å². The van der Waals surface area contributed by atoms with E-state index < -0.39 is 0 Å². The highest BCUT2D eigenvalue weighted by Gasteiger charge is 2.21. The highest BCUT2D eigenvalue weighted by Crippen LogP contribution is 2.20. The highest BCUT2D eigenvalue weighted by molar-refractivity contribution is 5.76. The minimum atomic E-state index is 0.163. The van der Waals surface area contributed by atoms with E-state index in [-0.39, 0.29) is 5.91 Å². The largest absolute Gasteiger partial charge is 0.341 e. The summed E-state index contributed by atoms with van der Waals surface area (Å²) >= 11 is 0. The van der Waals surface area contributed by atoms with Crippen LogP contribution in [0, 0.1) is 0 Å². The molecule has 1 amide bonds. The predicted octanol–water partition coefficient (Wildman–Crippen LogP) is 0.368. The van der Waals surface area contributed by atoms with Gasteiger partial charge in [-0.15, -0.1) is 5.10 Å². The molecule has 2 saturated heterocycles. The Hall–Kier alpha value is -1.43. The van der Waals surface area contributed by atoms with E-state index in [1.165, 1.54) is 6.42 Å². The fraction of sp³-hybridized carbons (Fsp3) is 0.769. The van der Waals surface area contributed by atoms with Crippen LogP contribution in [0.3, 0.4) is 0 Å². The standard InChI is InChI=1S/C13H21N5O/c19-13(17-6-1-2-7-17)10-18-9-12(15-16-18)11-4-3-5-14-8-11/h9,11,14H,1-8,10H2. The third-order valence-electron chi connectivity index (χ3n) is 4.03. The molecular formula is C13H21N5O. The van der Waals surface area contributed by atoms with Crippen molar-refractivity contribution in [2.45, 2.75) is 38.1 Å². The first-order valence-corrected chi connectivity index (χ1v) is 7.21. The molecule has 1 N–H and O–H groups in total. The maximum atomic E-state index is 12.0. The normalized spacial score (nSPS) is 23.8. The van der Waals surface area contributed by atoms with Crippen LogP contribution in [0.4, 0.5) is 0 Å². The first-order valence-electron chi connectivity index (χ1n) is 7.21. The zero-order valence-electron chi connectivity index (χ0n) is 11.2. The summed E-state index contributed by atoms with van der Waals surface area (Å²) in [6.45, 7) is 4.18. The first-order chi connectivity index (χ1) is 9.33. The van der Waals surface area contributed by atoms with Crippen molar-refractivity contribution in [3.8, 4) is 0 Å². The van der Waals surface area contributed by atoms with Gasteiger partial charge in [-0.25, -0.2) is 4.68 Å². The molecule has 0 aliphatic carbocycles. The molecule has 19 heavy (non-hydrogen) atoms. The van der Waals surface area contributed by atoms with E-state index in [1.807, 2.05) is 11.1 Å². The lowest BCUT2D eigenvalue weighted by Crippen LogP contribution is -2.31. The van der Waals surface area contributed by atoms with Crippen LogP contribution < -0.4 is 5.32 Å². The number of rotatable bonds is 3. The monoisotopic (exact) mass is 263 g/mol. The topological polar surface area (TPSA) is 63.1 Å². The average molecular weight is 263 g/mol. The van der Waals surface area contributed by atoms with Crippen LogP contribution in [0.1, 0.15) is 37.3 Å². The minimum absolute atomic E-state index is 0.163. The molecule has 1 unspecified atom stereocenters. The first kappa shape index (κ1) is 12.6. The van der Waals surface area contributed by atoms with E-state index in [0.717, 1.165) is 51.1 Å². The van der Waals surface area contributed by atoms with Gasteiger partial charge >= 0.3 is 0 Å². The molecule has 0 aromatic carbocycles. The van der Waals surface area contributed by atoms with Crippen molar-refractivity contribution in [3.05, 3.63) is 11.9 Å². The van der Waals surface area contributed by atoms with Crippen molar-refractivity contribution >= 4 is 5.91 Å². The minimum Gasteiger partial charge on any atom is -0.341 e. The molecule has 0 radical (unpaired) electrons. The molecule has 104 valence electrons. The Morgan fingerprint density at radius 3 is 2.95 bits per heavy atom. The van der Waals surface area contributed by atoms with Crippen LogP contribution in [-0.2, 0) is 11.3 Å². The number of nitrogens with one attached hydrogen (secondary N) is 1. The Labute approximate surface area is 113 Å². The van der Waals surface area contributed by atoms with Gasteiger partial charge in [0.15, 0.2) is 0 Å². The molecule has 0 spiro atoms. The summed E-state index contributed by atoms with van der Waals surface area (Å²) in [6.07, 6.45) is 6.53. The number of hydrogen-bond acceptors (Lipinski definition) is 4. The van der Waals surface area contributed by atoms with Crippen LogP contribution >= 0.6 is 0 Å². The number of nitrogens with zero attached hydrogens (tertiary/aromatic N) is 4. The Balaban J connectivity index is 1.59. The fourth-order valence-corrected chi connectivity index (χ4v) is 2.89. The molecule has 2 aliphatic heterocycles. The molecule has 0 saturated carbocycles. The lowest BCUT2D eigenvalue weighted by molar-refractivity contribution is -0.130. The van der Waals surface area contributed by atoms with E-state index in [2.05, 4.69) is 15.6 Å². The van der Waals surface area contributed by atoms with Crippen molar-refractivity contribution in [2.75, 3.05) is 26.2 Å². The van der Waals surface area contributed by atoms with Gasteiger partial charge < -0.3 is 10.2 Å². The van der Waals surface area contributed by atoms with E-state index in [4.69, 9.17) is 0 Å². The Morgan fingerprint density at radius 1 is 1.37 bits per heavy atom. The molecule has 2 aliphatic rings. The van der Waals surface area contributed by atoms with Crippen LogP contribution in [0.25, 0.3) is 0 Å². The quantitative estimate of drug-likeness (QED) is 0.855. The van der Waals surface area contributed by atoms with Crippen molar-refractivity contribution in [3.63, 3.8) is 0 Å². The number of carbonyl (C=O) groups excluding carboxylic acids is 1. The van der Waals surface area contributed by atoms with Gasteiger partial charge in [-0.1, -0.05) is 5.21 Å². The number of piperidine rings is 1. The summed E-state index contributed by atoms with van der Waals surface area (Å²) in [7, 11) is 0. The molecule has 3 heterocycles. The lowest BCUT2D eigenvalue weighted by atomic mass is 9.97. The molecule has 1 aromatic heterocycles. The zero-order valence-corrected chi connectivity index (χ0v) is 11.2. The number of amides is 1. The number of hydrogen-bond donors (Lipinski definition) is 1. The summed E-state index contributed by atoms with van der Waals surface area (Å²) in [4.78, 5) is 13.9. The van der Waals surface area contributed by atoms with Crippen molar-refractivity contribution in [1.29, 1.82) is 0 Å². The lowest BCUT2D eigenvalue weighted by Gasteiger charge is -2.20. The van der Waals surface area contributed by atoms with Crippen molar-refractivity contribution in [2.24, 2.45) is 0 Å². The summed E-state index contributed by atoms with van der Waals surface area (Å²) in [5, 5.41) is 11.7. The second-order valence-corrected chi connectivity index (χ2v) is 5.47. The van der Waals surface area contributed by atoms with Crippen LogP contribution in [0.5, 0.6) is 0 Å². The molecule has 0 bridgehead atoms. The van der Waals surface area contributed by atoms with Crippen molar-refractivity contribution < 1.29 is 4.79 Å². The van der Waals surface area contributed by atoms with Crippen molar-refractivity contribution in [1.82, 2.24) is 25.2 Å². The Morgan fingerprint density at radius 2 is 2.21 bits per heavy atom. The average Bonchev–Trinajstić information content (AvgIpc) is 3.11. The van der Waals surface area contributed by atoms with E-state index >= 15 is 0 Å². The van der Waals surface area contributed by atoms with Crippen LogP contribution in [0.15, 0.2) is 6.20 Å². The van der Waals surface area contributed by atoms with Gasteiger partial charge in [0.1, 0.15) is 6.54 Å². The molecule has 1 atom stereocenters. The maximum Gasteiger partial charge on any atom is 0.244 e. The smallest absolute Gasteiger partial charge is 0.244 e. The third kappa shape index (κ3) is 2.94. The molecule has 6 heteroatoms. The van der Waals surface area contributed by atoms with Gasteiger partial charge in [-0.05, 0) is 32.2 Å². The second-order valence-electron chi connectivity index (χ2n) is 5.47. The van der Waals surface area contributed by atoms with Crippen LogP contribution in [-0.4, -0.2) is 52.0 Å². The van der Waals surface area contributed by atoms with Crippen LogP contribution in [0.2, 0.25) is 0 Å². The summed E-state index contributed by atoms with van der Waals surface area (Å²) in [6, 6.07) is 0. The van der Waals surface area contributed by atoms with E-state index in [0.29, 0.717) is 12.5 Å². The Bertz CT molecular complexity index is 432. The van der Waals surface area contributed by atoms with Gasteiger partial charge in [0.25, 0.3) is 0 Å². The molecule has 1 aromatic rings. The zero-order chi connectivity index (χ0) is 13.1. The van der Waals surface area contributed by atoms with E-state index in [1.54, 1.807) is 4.68 Å². The summed E-state index contributed by atoms with van der Waals surface area (Å²) < 4.78 is 1.69. The number of aromatic nitrogens is 3. The molecular weight excluding hydrogens is 242 g/mol. The molecule has 3 rings (SSSR count). The van der Waals surface area contributed by atoms with Gasteiger partial charge in [-0.2, -0.15) is 0 Å². The summed E-state index contributed by atoms with van der Waals surface area (Å²) in [5.41, 5.74) is 1.02. The molecule has 2 fully saturated rings. The van der Waals surface area contributed by atoms with E-state index in [9.17, 15) is 4.79 Å². The number of likely N-dealkylation sites (tertiary alicyclic amines) is 1. The second kappa shape index (κ2) is 5.69. The molecule has 6 nitrogen and oxygen atoms in total. The Kier molecular flexibility index (Phi) is 3.77. The SMILES string of the molecule is O=C(Cn1cc(C2CCCNC2)nn1)N1CCCC1. The third-order valence-corrected chi connectivity index (χ3v) is 4.03. The number of carbonyl (C=O) groups is 1. The predicted molar refractivity (Wildman–Crippen MR) is 70.7 cm³/mol. The highest BCUT2D eigenvalue weighted by atomic mass is 16.2.